The van der Waals surface area contributed by atoms with E-state index in [1.165, 1.54) is 0 Å². The Hall–Kier alpha value is -2.74. The van der Waals surface area contributed by atoms with E-state index in [0.29, 0.717) is 37.8 Å². The maximum Gasteiger partial charge on any atom is 0.263 e. The summed E-state index contributed by atoms with van der Waals surface area (Å²) >= 11 is 0. The second-order valence-electron chi connectivity index (χ2n) is 5.55. The van der Waals surface area contributed by atoms with Crippen LogP contribution in [0.5, 0.6) is 0 Å². The van der Waals surface area contributed by atoms with Gasteiger partial charge < -0.3 is 19.9 Å². The summed E-state index contributed by atoms with van der Waals surface area (Å²) in [5.41, 5.74) is 1.33. The smallest absolute Gasteiger partial charge is 0.263 e. The lowest BCUT2D eigenvalue weighted by atomic mass is 10.1. The van der Waals surface area contributed by atoms with Crippen LogP contribution in [0.3, 0.4) is 0 Å². The van der Waals surface area contributed by atoms with Crippen molar-refractivity contribution in [2.45, 2.75) is 20.4 Å². The van der Waals surface area contributed by atoms with Gasteiger partial charge in [0, 0.05) is 44.8 Å². The van der Waals surface area contributed by atoms with Crippen molar-refractivity contribution >= 4 is 11.9 Å². The Balaban J connectivity index is 2.02. The van der Waals surface area contributed by atoms with Gasteiger partial charge >= 0.3 is 0 Å². The molecule has 0 bridgehead atoms. The Morgan fingerprint density at radius 2 is 1.96 bits per heavy atom. The Morgan fingerprint density at radius 1 is 1.24 bits per heavy atom. The molecule has 0 aliphatic heterocycles. The van der Waals surface area contributed by atoms with Crippen LogP contribution in [0.25, 0.3) is 0 Å². The van der Waals surface area contributed by atoms with Gasteiger partial charge in [0.1, 0.15) is 5.56 Å². The van der Waals surface area contributed by atoms with Crippen LogP contribution in [0.4, 0.5) is 5.95 Å². The number of rotatable bonds is 8. The zero-order valence-electron chi connectivity index (χ0n) is 14.7. The van der Waals surface area contributed by atoms with E-state index in [4.69, 9.17) is 4.74 Å². The lowest BCUT2D eigenvalue weighted by Gasteiger charge is -2.14. The summed E-state index contributed by atoms with van der Waals surface area (Å²) in [6.07, 6.45) is 3.26. The number of amides is 1. The minimum Gasteiger partial charge on any atom is -0.383 e. The number of aryl methyl sites for hydroxylation is 2. The van der Waals surface area contributed by atoms with Gasteiger partial charge in [-0.15, -0.1) is 0 Å². The number of hydrogen-bond donors (Lipinski definition) is 2. The largest absolute Gasteiger partial charge is 0.383 e. The molecule has 0 unspecified atom stereocenters. The third-order valence-corrected chi connectivity index (χ3v) is 3.71. The molecule has 2 rings (SSSR count). The third-order valence-electron chi connectivity index (χ3n) is 3.71. The molecule has 1 amide bonds. The highest BCUT2D eigenvalue weighted by Gasteiger charge is 2.17. The van der Waals surface area contributed by atoms with E-state index < -0.39 is 0 Å². The van der Waals surface area contributed by atoms with Gasteiger partial charge in [-0.1, -0.05) is 0 Å². The molecule has 2 N–H and O–H groups in total. The quantitative estimate of drug-likeness (QED) is 0.685. The molecule has 0 atom stereocenters. The van der Waals surface area contributed by atoms with E-state index in [-0.39, 0.29) is 17.0 Å². The SMILES string of the molecule is COCCn1c(C)cc(C)c(C(=O)NCCNc2ncccn2)c1=O. The van der Waals surface area contributed by atoms with Crippen LogP contribution in [0.1, 0.15) is 21.6 Å². The van der Waals surface area contributed by atoms with Crippen molar-refractivity contribution in [3.05, 3.63) is 51.7 Å². The van der Waals surface area contributed by atoms with Gasteiger partial charge in [-0.2, -0.15) is 0 Å². The van der Waals surface area contributed by atoms with Crippen molar-refractivity contribution < 1.29 is 9.53 Å². The van der Waals surface area contributed by atoms with E-state index in [2.05, 4.69) is 20.6 Å². The molecule has 0 saturated carbocycles. The Morgan fingerprint density at radius 3 is 2.64 bits per heavy atom. The Bertz CT molecular complexity index is 774. The maximum absolute atomic E-state index is 12.6. The van der Waals surface area contributed by atoms with Gasteiger partial charge in [-0.25, -0.2) is 9.97 Å². The summed E-state index contributed by atoms with van der Waals surface area (Å²) in [6.45, 7) is 5.23. The predicted molar refractivity (Wildman–Crippen MR) is 94.9 cm³/mol. The molecule has 8 nitrogen and oxygen atoms in total. The molecule has 0 radical (unpaired) electrons. The van der Waals surface area contributed by atoms with Gasteiger partial charge in [-0.3, -0.25) is 9.59 Å². The molecule has 0 aliphatic rings. The molecule has 0 spiro atoms. The van der Waals surface area contributed by atoms with Crippen molar-refractivity contribution in [1.29, 1.82) is 0 Å². The molecule has 134 valence electrons. The van der Waals surface area contributed by atoms with E-state index in [1.54, 1.807) is 37.1 Å². The number of carbonyl (C=O) groups is 1. The summed E-state index contributed by atoms with van der Waals surface area (Å²) in [5.74, 6) is 0.106. The highest BCUT2D eigenvalue weighted by molar-refractivity contribution is 5.95. The number of anilines is 1. The van der Waals surface area contributed by atoms with Crippen molar-refractivity contribution in [3.63, 3.8) is 0 Å². The van der Waals surface area contributed by atoms with Gasteiger partial charge in [0.05, 0.1) is 6.61 Å². The molecule has 0 aromatic carbocycles. The second kappa shape index (κ2) is 8.93. The van der Waals surface area contributed by atoms with Gasteiger partial charge in [0.25, 0.3) is 11.5 Å². The highest BCUT2D eigenvalue weighted by Crippen LogP contribution is 2.06. The fourth-order valence-electron chi connectivity index (χ4n) is 2.49. The van der Waals surface area contributed by atoms with Crippen LogP contribution >= 0.6 is 0 Å². The van der Waals surface area contributed by atoms with E-state index in [9.17, 15) is 9.59 Å². The number of nitrogens with zero attached hydrogens (tertiary/aromatic N) is 3. The molecule has 8 heteroatoms. The molecule has 0 aliphatic carbocycles. The molecule has 25 heavy (non-hydrogen) atoms. The molecule has 0 fully saturated rings. The van der Waals surface area contributed by atoms with E-state index in [1.807, 2.05) is 13.0 Å². The first-order chi connectivity index (χ1) is 12.0. The Labute approximate surface area is 146 Å². The molecule has 2 heterocycles. The van der Waals surface area contributed by atoms with Crippen LogP contribution in [-0.2, 0) is 11.3 Å². The van der Waals surface area contributed by atoms with Gasteiger partial charge in [0.15, 0.2) is 0 Å². The van der Waals surface area contributed by atoms with Crippen LogP contribution in [0, 0.1) is 13.8 Å². The number of hydrogen-bond acceptors (Lipinski definition) is 6. The van der Waals surface area contributed by atoms with Crippen LogP contribution < -0.4 is 16.2 Å². The maximum atomic E-state index is 12.6. The fourth-order valence-corrected chi connectivity index (χ4v) is 2.49. The third kappa shape index (κ3) is 4.87. The van der Waals surface area contributed by atoms with Crippen LogP contribution in [-0.4, -0.2) is 47.2 Å². The summed E-state index contributed by atoms with van der Waals surface area (Å²) in [4.78, 5) is 33.1. The van der Waals surface area contributed by atoms with Crippen molar-refractivity contribution in [3.8, 4) is 0 Å². The number of aromatic nitrogens is 3. The van der Waals surface area contributed by atoms with Crippen molar-refractivity contribution in [2.75, 3.05) is 32.1 Å². The second-order valence-corrected chi connectivity index (χ2v) is 5.55. The minimum absolute atomic E-state index is 0.165. The average molecular weight is 345 g/mol. The zero-order valence-corrected chi connectivity index (χ0v) is 14.7. The lowest BCUT2D eigenvalue weighted by Crippen LogP contribution is -2.37. The summed E-state index contributed by atoms with van der Waals surface area (Å²) in [5, 5.41) is 5.74. The summed E-state index contributed by atoms with van der Waals surface area (Å²) < 4.78 is 6.58. The number of nitrogens with one attached hydrogen (secondary N) is 2. The summed E-state index contributed by atoms with van der Waals surface area (Å²) in [7, 11) is 1.58. The highest BCUT2D eigenvalue weighted by atomic mass is 16.5. The van der Waals surface area contributed by atoms with Gasteiger partial charge in [0.2, 0.25) is 5.95 Å². The number of ether oxygens (including phenoxy) is 1. The monoisotopic (exact) mass is 345 g/mol. The van der Waals surface area contributed by atoms with Crippen molar-refractivity contribution in [1.82, 2.24) is 19.9 Å². The molecule has 2 aromatic rings. The number of methoxy groups -OCH3 is 1. The van der Waals surface area contributed by atoms with Crippen LogP contribution in [0.2, 0.25) is 0 Å². The fraction of sp³-hybridized carbons (Fsp3) is 0.412. The first kappa shape index (κ1) is 18.6. The standard InChI is InChI=1S/C17H23N5O3/c1-12-11-13(2)22(9-10-25-3)16(24)14(12)15(23)18-7-8-21-17-19-5-4-6-20-17/h4-6,11H,7-10H2,1-3H3,(H,18,23)(H,19,20,21). The molecular formula is C17H23N5O3. The first-order valence-electron chi connectivity index (χ1n) is 8.03. The number of pyridine rings is 1. The van der Waals surface area contributed by atoms with E-state index in [0.717, 1.165) is 5.69 Å². The zero-order chi connectivity index (χ0) is 18.2. The molecule has 0 saturated heterocycles. The van der Waals surface area contributed by atoms with Crippen LogP contribution in [0.15, 0.2) is 29.3 Å². The molecular weight excluding hydrogens is 322 g/mol. The van der Waals surface area contributed by atoms with Crippen molar-refractivity contribution in [2.24, 2.45) is 0 Å². The van der Waals surface area contributed by atoms with Gasteiger partial charge in [-0.05, 0) is 31.5 Å². The summed E-state index contributed by atoms with van der Waals surface area (Å²) in [6, 6.07) is 3.56. The minimum atomic E-state index is -0.385. The normalized spacial score (nSPS) is 10.5. The average Bonchev–Trinajstić information content (AvgIpc) is 2.59. The topological polar surface area (TPSA) is 98.1 Å². The number of carbonyl (C=O) groups excluding carboxylic acids is 1. The molecule has 2 aromatic heterocycles. The first-order valence-corrected chi connectivity index (χ1v) is 8.03. The Kier molecular flexibility index (Phi) is 6.64. The van der Waals surface area contributed by atoms with E-state index >= 15 is 0 Å². The lowest BCUT2D eigenvalue weighted by molar-refractivity contribution is 0.0952. The predicted octanol–water partition coefficient (Wildman–Crippen LogP) is 0.743.